The van der Waals surface area contributed by atoms with E-state index in [-0.39, 0.29) is 12.4 Å². The summed E-state index contributed by atoms with van der Waals surface area (Å²) < 4.78 is 0. The molecular weight excluding hydrogens is 250 g/mol. The quantitative estimate of drug-likeness (QED) is 0.788. The van der Waals surface area contributed by atoms with Crippen molar-refractivity contribution in [3.63, 3.8) is 0 Å². The first-order valence-electron chi connectivity index (χ1n) is 6.20. The molecule has 1 N–H and O–H groups in total. The predicted octanol–water partition coefficient (Wildman–Crippen LogP) is 3.90. The minimum atomic E-state index is 0. The molecule has 1 nitrogen and oxygen atoms in total. The highest BCUT2D eigenvalue weighted by Crippen LogP contribution is 2.21. The van der Waals surface area contributed by atoms with Crippen molar-refractivity contribution in [2.24, 2.45) is 0 Å². The molecule has 2 rings (SSSR count). The molecule has 0 aromatic heterocycles. The zero-order valence-electron chi connectivity index (χ0n) is 10.6. The van der Waals surface area contributed by atoms with Crippen LogP contribution in [0, 0.1) is 0 Å². The Bertz CT molecular complexity index is 321. The Balaban J connectivity index is 0.00000144. The third kappa shape index (κ3) is 4.90. The van der Waals surface area contributed by atoms with Gasteiger partial charge in [0.05, 0.1) is 0 Å². The van der Waals surface area contributed by atoms with Gasteiger partial charge in [0.25, 0.3) is 0 Å². The first-order chi connectivity index (χ1) is 7.81. The van der Waals surface area contributed by atoms with Crippen molar-refractivity contribution >= 4 is 24.2 Å². The van der Waals surface area contributed by atoms with Crippen LogP contribution in [0.4, 0.5) is 0 Å². The number of halogens is 1. The van der Waals surface area contributed by atoms with Crippen LogP contribution in [0.15, 0.2) is 29.2 Å². The molecule has 0 saturated heterocycles. The Morgan fingerprint density at radius 2 is 1.94 bits per heavy atom. The summed E-state index contributed by atoms with van der Waals surface area (Å²) >= 11 is 1.81. The summed E-state index contributed by atoms with van der Waals surface area (Å²) in [5, 5.41) is 3.71. The van der Waals surface area contributed by atoms with Crippen molar-refractivity contribution < 1.29 is 0 Å². The number of benzene rings is 1. The summed E-state index contributed by atoms with van der Waals surface area (Å²) in [4.78, 5) is 1.35. The second-order valence-corrected chi connectivity index (χ2v) is 5.48. The first-order valence-corrected chi connectivity index (χ1v) is 7.43. The van der Waals surface area contributed by atoms with Crippen LogP contribution in [-0.4, -0.2) is 18.3 Å². The Hall–Kier alpha value is -0.180. The van der Waals surface area contributed by atoms with Crippen LogP contribution in [0.1, 0.15) is 31.7 Å². The molecule has 0 heterocycles. The molecule has 1 atom stereocenters. The van der Waals surface area contributed by atoms with Crippen molar-refractivity contribution in [3.05, 3.63) is 29.8 Å². The van der Waals surface area contributed by atoms with Crippen LogP contribution in [0.5, 0.6) is 0 Å². The lowest BCUT2D eigenvalue weighted by Crippen LogP contribution is -2.32. The van der Waals surface area contributed by atoms with E-state index < -0.39 is 0 Å². The Morgan fingerprint density at radius 3 is 2.41 bits per heavy atom. The average Bonchev–Trinajstić information content (AvgIpc) is 3.13. The molecule has 1 saturated carbocycles. The van der Waals surface area contributed by atoms with E-state index in [9.17, 15) is 0 Å². The first kappa shape index (κ1) is 14.9. The topological polar surface area (TPSA) is 12.0 Å². The summed E-state index contributed by atoms with van der Waals surface area (Å²) in [7, 11) is 0. The van der Waals surface area contributed by atoms with Crippen LogP contribution in [0.3, 0.4) is 0 Å². The van der Waals surface area contributed by atoms with E-state index in [2.05, 4.69) is 42.8 Å². The van der Waals surface area contributed by atoms with Crippen LogP contribution < -0.4 is 5.32 Å². The van der Waals surface area contributed by atoms with Crippen molar-refractivity contribution in [2.45, 2.75) is 49.6 Å². The molecule has 1 aromatic rings. The van der Waals surface area contributed by atoms with Gasteiger partial charge in [0.1, 0.15) is 0 Å². The number of hydrogen-bond acceptors (Lipinski definition) is 2. The summed E-state index contributed by atoms with van der Waals surface area (Å²) in [6.07, 6.45) is 7.27. The standard InChI is InChI=1S/C14H21NS.ClH/c1-3-12(15-13-6-7-13)10-11-4-8-14(16-2)9-5-11;/h4-5,8-9,12-13,15H,3,6-7,10H2,1-2H3;1H. The molecule has 3 heteroatoms. The molecule has 0 bridgehead atoms. The molecule has 1 aliphatic carbocycles. The summed E-state index contributed by atoms with van der Waals surface area (Å²) in [5.41, 5.74) is 1.46. The third-order valence-electron chi connectivity index (χ3n) is 3.18. The van der Waals surface area contributed by atoms with Crippen LogP contribution in [0.25, 0.3) is 0 Å². The van der Waals surface area contributed by atoms with Gasteiger partial charge in [-0.1, -0.05) is 19.1 Å². The molecule has 1 aliphatic rings. The average molecular weight is 272 g/mol. The zero-order valence-corrected chi connectivity index (χ0v) is 12.2. The summed E-state index contributed by atoms with van der Waals surface area (Å²) in [5.74, 6) is 0. The second-order valence-electron chi connectivity index (χ2n) is 4.60. The maximum Gasteiger partial charge on any atom is 0.0107 e. The van der Waals surface area contributed by atoms with Gasteiger partial charge >= 0.3 is 0 Å². The number of nitrogens with one attached hydrogen (secondary N) is 1. The van der Waals surface area contributed by atoms with E-state index in [0.29, 0.717) is 6.04 Å². The van der Waals surface area contributed by atoms with Gasteiger partial charge in [-0.15, -0.1) is 24.2 Å². The minimum Gasteiger partial charge on any atom is -0.311 e. The lowest BCUT2D eigenvalue weighted by atomic mass is 10.0. The maximum atomic E-state index is 3.71. The van der Waals surface area contributed by atoms with Gasteiger partial charge in [-0.25, -0.2) is 0 Å². The summed E-state index contributed by atoms with van der Waals surface area (Å²) in [6, 6.07) is 10.5. The van der Waals surface area contributed by atoms with Gasteiger partial charge < -0.3 is 5.32 Å². The van der Waals surface area contributed by atoms with Gasteiger partial charge in [0.15, 0.2) is 0 Å². The summed E-state index contributed by atoms with van der Waals surface area (Å²) in [6.45, 7) is 2.27. The van der Waals surface area contributed by atoms with E-state index in [0.717, 1.165) is 6.04 Å². The molecule has 96 valence electrons. The van der Waals surface area contributed by atoms with E-state index in [1.807, 2.05) is 11.8 Å². The SMILES string of the molecule is CCC(Cc1ccc(SC)cc1)NC1CC1.Cl. The van der Waals surface area contributed by atoms with Crippen molar-refractivity contribution in [3.8, 4) is 0 Å². The highest BCUT2D eigenvalue weighted by atomic mass is 35.5. The smallest absolute Gasteiger partial charge is 0.0107 e. The largest absolute Gasteiger partial charge is 0.311 e. The molecule has 17 heavy (non-hydrogen) atoms. The second kappa shape index (κ2) is 7.30. The van der Waals surface area contributed by atoms with E-state index in [1.165, 1.54) is 36.1 Å². The Labute approximate surface area is 115 Å². The highest BCUT2D eigenvalue weighted by Gasteiger charge is 2.23. The molecule has 1 fully saturated rings. The Kier molecular flexibility index (Phi) is 6.39. The van der Waals surface area contributed by atoms with Gasteiger partial charge in [-0.3, -0.25) is 0 Å². The third-order valence-corrected chi connectivity index (χ3v) is 3.93. The molecule has 1 aromatic carbocycles. The lowest BCUT2D eigenvalue weighted by Gasteiger charge is -2.16. The van der Waals surface area contributed by atoms with Gasteiger partial charge in [0, 0.05) is 17.0 Å². The zero-order chi connectivity index (χ0) is 11.4. The van der Waals surface area contributed by atoms with Crippen LogP contribution >= 0.6 is 24.2 Å². The van der Waals surface area contributed by atoms with Crippen molar-refractivity contribution in [2.75, 3.05) is 6.26 Å². The fourth-order valence-corrected chi connectivity index (χ4v) is 2.36. The van der Waals surface area contributed by atoms with Crippen LogP contribution in [-0.2, 0) is 6.42 Å². The monoisotopic (exact) mass is 271 g/mol. The lowest BCUT2D eigenvalue weighted by molar-refractivity contribution is 0.492. The van der Waals surface area contributed by atoms with Gasteiger partial charge in [-0.2, -0.15) is 0 Å². The molecule has 0 amide bonds. The fourth-order valence-electron chi connectivity index (χ4n) is 1.95. The fraction of sp³-hybridized carbons (Fsp3) is 0.571. The van der Waals surface area contributed by atoms with E-state index in [1.54, 1.807) is 0 Å². The molecule has 0 spiro atoms. The Morgan fingerprint density at radius 1 is 1.29 bits per heavy atom. The molecular formula is C14H22ClNS. The van der Waals surface area contributed by atoms with Crippen molar-refractivity contribution in [1.29, 1.82) is 0 Å². The van der Waals surface area contributed by atoms with Crippen molar-refractivity contribution in [1.82, 2.24) is 5.32 Å². The van der Waals surface area contributed by atoms with Gasteiger partial charge in [-0.05, 0) is 49.6 Å². The van der Waals surface area contributed by atoms with Crippen LogP contribution in [0.2, 0.25) is 0 Å². The van der Waals surface area contributed by atoms with E-state index >= 15 is 0 Å². The molecule has 0 aliphatic heterocycles. The number of thioether (sulfide) groups is 1. The predicted molar refractivity (Wildman–Crippen MR) is 79.4 cm³/mol. The minimum absolute atomic E-state index is 0. The number of hydrogen-bond donors (Lipinski definition) is 1. The number of rotatable bonds is 6. The molecule has 1 unspecified atom stereocenters. The maximum absolute atomic E-state index is 3.71. The highest BCUT2D eigenvalue weighted by molar-refractivity contribution is 7.98. The molecule has 0 radical (unpaired) electrons. The van der Waals surface area contributed by atoms with E-state index in [4.69, 9.17) is 0 Å². The van der Waals surface area contributed by atoms with Gasteiger partial charge in [0.2, 0.25) is 0 Å². The normalized spacial score (nSPS) is 16.4.